The molecule has 2 aromatic carbocycles. The fourth-order valence-corrected chi connectivity index (χ4v) is 4.58. The summed E-state index contributed by atoms with van der Waals surface area (Å²) >= 11 is 0. The van der Waals surface area contributed by atoms with E-state index >= 15 is 0 Å². The molecule has 6 N–H and O–H groups in total. The molecule has 10 nitrogen and oxygen atoms in total. The summed E-state index contributed by atoms with van der Waals surface area (Å²) in [6.07, 6.45) is 1.44. The van der Waals surface area contributed by atoms with E-state index in [0.29, 0.717) is 19.4 Å². The van der Waals surface area contributed by atoms with Crippen molar-refractivity contribution in [1.29, 1.82) is 0 Å². The van der Waals surface area contributed by atoms with Gasteiger partial charge in [-0.25, -0.2) is 4.79 Å². The summed E-state index contributed by atoms with van der Waals surface area (Å²) in [5, 5.41) is 24.3. The van der Waals surface area contributed by atoms with Gasteiger partial charge in [0.15, 0.2) is 0 Å². The molecule has 0 bridgehead atoms. The van der Waals surface area contributed by atoms with Gasteiger partial charge in [0.2, 0.25) is 17.7 Å². The van der Waals surface area contributed by atoms with Crippen LogP contribution in [-0.2, 0) is 32.0 Å². The van der Waals surface area contributed by atoms with Crippen molar-refractivity contribution in [2.45, 2.75) is 63.7 Å². The van der Waals surface area contributed by atoms with Crippen molar-refractivity contribution in [3.63, 3.8) is 0 Å². The first-order valence-corrected chi connectivity index (χ1v) is 12.8. The maximum Gasteiger partial charge on any atom is 0.326 e. The van der Waals surface area contributed by atoms with Crippen LogP contribution < -0.4 is 16.4 Å². The van der Waals surface area contributed by atoms with E-state index in [-0.39, 0.29) is 30.4 Å². The van der Waals surface area contributed by atoms with E-state index in [1.807, 2.05) is 30.3 Å². The lowest BCUT2D eigenvalue weighted by Crippen LogP contribution is -2.57. The molecule has 10 heteroatoms. The van der Waals surface area contributed by atoms with E-state index in [2.05, 4.69) is 10.6 Å². The van der Waals surface area contributed by atoms with Crippen LogP contribution in [-0.4, -0.2) is 69.5 Å². The number of amides is 3. The summed E-state index contributed by atoms with van der Waals surface area (Å²) in [5.74, 6) is -2.87. The van der Waals surface area contributed by atoms with Gasteiger partial charge in [0.1, 0.15) is 23.9 Å². The summed E-state index contributed by atoms with van der Waals surface area (Å²) in [5.41, 5.74) is 7.76. The number of likely N-dealkylation sites (tertiary alicyclic amines) is 1. The van der Waals surface area contributed by atoms with Gasteiger partial charge in [0, 0.05) is 13.0 Å². The third-order valence-electron chi connectivity index (χ3n) is 6.69. The van der Waals surface area contributed by atoms with E-state index in [0.717, 1.165) is 11.1 Å². The van der Waals surface area contributed by atoms with Crippen molar-refractivity contribution < 1.29 is 29.4 Å². The maximum absolute atomic E-state index is 13.4. The highest BCUT2D eigenvalue weighted by Crippen LogP contribution is 2.20. The number of carboxylic acids is 1. The Labute approximate surface area is 222 Å². The minimum absolute atomic E-state index is 0.113. The highest BCUT2D eigenvalue weighted by molar-refractivity contribution is 5.94. The number of carboxylic acid groups (broad SMARTS) is 1. The van der Waals surface area contributed by atoms with E-state index < -0.39 is 42.0 Å². The normalized spacial score (nSPS) is 17.5. The van der Waals surface area contributed by atoms with Crippen molar-refractivity contribution in [1.82, 2.24) is 15.5 Å². The van der Waals surface area contributed by atoms with Crippen LogP contribution in [0.5, 0.6) is 5.75 Å². The summed E-state index contributed by atoms with van der Waals surface area (Å²) in [4.78, 5) is 52.8. The smallest absolute Gasteiger partial charge is 0.326 e. The standard InChI is InChI=1S/C28H36N4O6/c1-17(2)24(28(37)38)31-25(34)22(16-18-7-4-3-5-8-18)30-26(35)23-9-6-14-32(23)27(36)21(29)15-19-10-12-20(33)13-11-19/h3-5,7-8,10-13,17,21-24,33H,6,9,14-16,29H2,1-2H3,(H,30,35)(H,31,34)(H,37,38). The predicted octanol–water partition coefficient (Wildman–Crippen LogP) is 1.21. The number of hydrogen-bond acceptors (Lipinski definition) is 6. The second-order valence-corrected chi connectivity index (χ2v) is 9.99. The summed E-state index contributed by atoms with van der Waals surface area (Å²) in [6, 6.07) is 11.7. The topological polar surface area (TPSA) is 162 Å². The summed E-state index contributed by atoms with van der Waals surface area (Å²) in [7, 11) is 0. The van der Waals surface area contributed by atoms with Crippen molar-refractivity contribution in [2.24, 2.45) is 11.7 Å². The Morgan fingerprint density at radius 3 is 2.21 bits per heavy atom. The fourth-order valence-electron chi connectivity index (χ4n) is 4.58. The molecule has 1 fully saturated rings. The Hall–Kier alpha value is -3.92. The van der Waals surface area contributed by atoms with Gasteiger partial charge >= 0.3 is 5.97 Å². The molecule has 4 atom stereocenters. The van der Waals surface area contributed by atoms with Gasteiger partial charge in [-0.2, -0.15) is 0 Å². The lowest BCUT2D eigenvalue weighted by Gasteiger charge is -2.29. The minimum Gasteiger partial charge on any atom is -0.508 e. The van der Waals surface area contributed by atoms with Crippen LogP contribution in [0.25, 0.3) is 0 Å². The molecule has 1 aliphatic heterocycles. The van der Waals surface area contributed by atoms with Gasteiger partial charge in [0.25, 0.3) is 0 Å². The Morgan fingerprint density at radius 1 is 0.974 bits per heavy atom. The Kier molecular flexibility index (Phi) is 9.84. The van der Waals surface area contributed by atoms with Crippen molar-refractivity contribution >= 4 is 23.7 Å². The quantitative estimate of drug-likeness (QED) is 0.295. The lowest BCUT2D eigenvalue weighted by molar-refractivity contribution is -0.144. The van der Waals surface area contributed by atoms with Crippen molar-refractivity contribution in [3.05, 3.63) is 65.7 Å². The van der Waals surface area contributed by atoms with E-state index in [1.165, 1.54) is 17.0 Å². The molecule has 1 saturated heterocycles. The van der Waals surface area contributed by atoms with Crippen molar-refractivity contribution in [3.8, 4) is 5.75 Å². The number of aliphatic carboxylic acids is 1. The zero-order chi connectivity index (χ0) is 27.8. The fraction of sp³-hybridized carbons (Fsp3) is 0.429. The Bertz CT molecular complexity index is 1120. The largest absolute Gasteiger partial charge is 0.508 e. The Balaban J connectivity index is 1.72. The number of phenols is 1. The number of hydrogen-bond donors (Lipinski definition) is 5. The number of carbonyl (C=O) groups is 4. The SMILES string of the molecule is CC(C)C(NC(=O)C(Cc1ccccc1)NC(=O)C1CCCN1C(=O)C(N)Cc1ccc(O)cc1)C(=O)O. The number of nitrogens with zero attached hydrogens (tertiary/aromatic N) is 1. The molecule has 4 unspecified atom stereocenters. The summed E-state index contributed by atoms with van der Waals surface area (Å²) < 4.78 is 0. The third-order valence-corrected chi connectivity index (χ3v) is 6.69. The predicted molar refractivity (Wildman–Crippen MR) is 141 cm³/mol. The van der Waals surface area contributed by atoms with Gasteiger partial charge < -0.3 is 31.5 Å². The van der Waals surface area contributed by atoms with Crippen LogP contribution in [0.2, 0.25) is 0 Å². The molecule has 1 aliphatic rings. The van der Waals surface area contributed by atoms with Crippen LogP contribution in [0.4, 0.5) is 0 Å². The van der Waals surface area contributed by atoms with Crippen LogP contribution in [0.15, 0.2) is 54.6 Å². The first kappa shape index (κ1) is 28.6. The molecular weight excluding hydrogens is 488 g/mol. The Morgan fingerprint density at radius 2 is 1.61 bits per heavy atom. The second kappa shape index (κ2) is 13.0. The molecule has 0 aromatic heterocycles. The first-order valence-electron chi connectivity index (χ1n) is 12.8. The van der Waals surface area contributed by atoms with Crippen LogP contribution >= 0.6 is 0 Å². The lowest BCUT2D eigenvalue weighted by atomic mass is 10.0. The van der Waals surface area contributed by atoms with Gasteiger partial charge in [-0.3, -0.25) is 14.4 Å². The number of aromatic hydroxyl groups is 1. The molecule has 3 rings (SSSR count). The number of nitrogens with one attached hydrogen (secondary N) is 2. The average molecular weight is 525 g/mol. The average Bonchev–Trinajstić information content (AvgIpc) is 3.38. The molecular formula is C28H36N4O6. The first-order chi connectivity index (χ1) is 18.1. The molecule has 2 aromatic rings. The molecule has 0 aliphatic carbocycles. The highest BCUT2D eigenvalue weighted by atomic mass is 16.4. The van der Waals surface area contributed by atoms with Crippen LogP contribution in [0.1, 0.15) is 37.8 Å². The molecule has 3 amide bonds. The number of phenolic OH excluding ortho intramolecular Hbond substituents is 1. The maximum atomic E-state index is 13.4. The zero-order valence-electron chi connectivity index (χ0n) is 21.7. The van der Waals surface area contributed by atoms with E-state index in [4.69, 9.17) is 5.73 Å². The zero-order valence-corrected chi connectivity index (χ0v) is 21.7. The number of rotatable bonds is 11. The molecule has 204 valence electrons. The third kappa shape index (κ3) is 7.55. The van der Waals surface area contributed by atoms with Gasteiger partial charge in [-0.1, -0.05) is 56.3 Å². The van der Waals surface area contributed by atoms with E-state index in [9.17, 15) is 29.4 Å². The van der Waals surface area contributed by atoms with Crippen LogP contribution in [0, 0.1) is 5.92 Å². The molecule has 1 heterocycles. The molecule has 0 radical (unpaired) electrons. The number of carbonyl (C=O) groups excluding carboxylic acids is 3. The molecule has 38 heavy (non-hydrogen) atoms. The highest BCUT2D eigenvalue weighted by Gasteiger charge is 2.38. The van der Waals surface area contributed by atoms with Crippen LogP contribution in [0.3, 0.4) is 0 Å². The monoisotopic (exact) mass is 524 g/mol. The number of benzene rings is 2. The van der Waals surface area contributed by atoms with Gasteiger partial charge in [-0.15, -0.1) is 0 Å². The number of nitrogens with two attached hydrogens (primary N) is 1. The minimum atomic E-state index is -1.16. The van der Waals surface area contributed by atoms with E-state index in [1.54, 1.807) is 26.0 Å². The molecule has 0 saturated carbocycles. The van der Waals surface area contributed by atoms with Gasteiger partial charge in [-0.05, 0) is 48.4 Å². The van der Waals surface area contributed by atoms with Crippen molar-refractivity contribution in [2.75, 3.05) is 6.54 Å². The molecule has 0 spiro atoms. The second-order valence-electron chi connectivity index (χ2n) is 9.99. The van der Waals surface area contributed by atoms with Gasteiger partial charge in [0.05, 0.1) is 6.04 Å². The summed E-state index contributed by atoms with van der Waals surface area (Å²) in [6.45, 7) is 3.74.